The quantitative estimate of drug-likeness (QED) is 0.866. The lowest BCUT2D eigenvalue weighted by atomic mass is 9.86. The van der Waals surface area contributed by atoms with E-state index in [9.17, 15) is 10.2 Å². The lowest BCUT2D eigenvalue weighted by Gasteiger charge is -2.24. The third kappa shape index (κ3) is 2.74. The maximum Gasteiger partial charge on any atom is 0.123 e. The first kappa shape index (κ1) is 13.9. The zero-order valence-electron chi connectivity index (χ0n) is 11.9. The first-order valence-electron chi connectivity index (χ1n) is 6.91. The summed E-state index contributed by atoms with van der Waals surface area (Å²) in [6, 6.07) is 9.57. The van der Waals surface area contributed by atoms with Gasteiger partial charge in [-0.05, 0) is 49.3 Å². The van der Waals surface area contributed by atoms with E-state index in [1.807, 2.05) is 24.3 Å². The molecule has 2 N–H and O–H groups in total. The van der Waals surface area contributed by atoms with E-state index in [2.05, 4.69) is 6.92 Å². The van der Waals surface area contributed by atoms with Crippen LogP contribution in [0, 0.1) is 0 Å². The minimum atomic E-state index is -0.940. The van der Waals surface area contributed by atoms with E-state index in [0.29, 0.717) is 0 Å². The second kappa shape index (κ2) is 5.22. The van der Waals surface area contributed by atoms with Crippen LogP contribution >= 0.6 is 0 Å². The molecule has 0 saturated carbocycles. The summed E-state index contributed by atoms with van der Waals surface area (Å²) in [5.41, 5.74) is 1.05. The second-order valence-corrected chi connectivity index (χ2v) is 5.63. The zero-order valence-corrected chi connectivity index (χ0v) is 11.9. The van der Waals surface area contributed by atoms with Gasteiger partial charge in [0.15, 0.2) is 0 Å². The van der Waals surface area contributed by atoms with Crippen molar-refractivity contribution in [1.82, 2.24) is 0 Å². The van der Waals surface area contributed by atoms with E-state index in [-0.39, 0.29) is 5.75 Å². The van der Waals surface area contributed by atoms with Gasteiger partial charge in [0.1, 0.15) is 5.75 Å². The molecule has 0 saturated heterocycles. The van der Waals surface area contributed by atoms with Crippen LogP contribution in [0.5, 0.6) is 5.75 Å². The minimum absolute atomic E-state index is 0.243. The van der Waals surface area contributed by atoms with Gasteiger partial charge in [0.2, 0.25) is 0 Å². The summed E-state index contributed by atoms with van der Waals surface area (Å²) in [5.74, 6) is 0.243. The van der Waals surface area contributed by atoms with Crippen LogP contribution in [0.1, 0.15) is 44.7 Å². The van der Waals surface area contributed by atoms with Crippen molar-refractivity contribution in [3.63, 3.8) is 0 Å². The highest BCUT2D eigenvalue weighted by Gasteiger charge is 2.22. The van der Waals surface area contributed by atoms with Crippen LogP contribution in [0.25, 0.3) is 10.8 Å². The lowest BCUT2D eigenvalue weighted by Crippen LogP contribution is -2.18. The molecule has 0 bridgehead atoms. The monoisotopic (exact) mass is 258 g/mol. The number of hydrogen-bond acceptors (Lipinski definition) is 2. The molecular weight excluding hydrogens is 236 g/mol. The summed E-state index contributed by atoms with van der Waals surface area (Å²) in [6.45, 7) is 5.70. The third-order valence-corrected chi connectivity index (χ3v) is 3.57. The molecule has 2 rings (SSSR count). The lowest BCUT2D eigenvalue weighted by molar-refractivity contribution is 0.0775. The van der Waals surface area contributed by atoms with Crippen LogP contribution < -0.4 is 0 Å². The summed E-state index contributed by atoms with van der Waals surface area (Å²) in [6.07, 6.45) is 3.12. The minimum Gasteiger partial charge on any atom is -0.507 e. The summed E-state index contributed by atoms with van der Waals surface area (Å²) in [4.78, 5) is 0. The molecule has 0 aromatic heterocycles. The highest BCUT2D eigenvalue weighted by atomic mass is 16.3. The van der Waals surface area contributed by atoms with Crippen LogP contribution in [0.2, 0.25) is 0 Å². The van der Waals surface area contributed by atoms with Crippen molar-refractivity contribution in [1.29, 1.82) is 0 Å². The predicted octanol–water partition coefficient (Wildman–Crippen LogP) is 4.12. The normalized spacial score (nSPS) is 12.0. The first-order chi connectivity index (χ1) is 8.95. The Morgan fingerprint density at radius 1 is 1.11 bits per heavy atom. The molecule has 0 aliphatic carbocycles. The van der Waals surface area contributed by atoms with Gasteiger partial charge in [0, 0.05) is 5.39 Å². The highest BCUT2D eigenvalue weighted by Crippen LogP contribution is 2.36. The first-order valence-corrected chi connectivity index (χ1v) is 6.91. The molecule has 0 amide bonds. The van der Waals surface area contributed by atoms with Crippen molar-refractivity contribution >= 4 is 10.8 Å². The van der Waals surface area contributed by atoms with Gasteiger partial charge in [-0.3, -0.25) is 0 Å². The summed E-state index contributed by atoms with van der Waals surface area (Å²) >= 11 is 0. The number of hydrogen-bond donors (Lipinski definition) is 2. The fourth-order valence-electron chi connectivity index (χ4n) is 2.59. The van der Waals surface area contributed by atoms with E-state index >= 15 is 0 Å². The average Bonchev–Trinajstić information content (AvgIpc) is 2.36. The molecule has 0 aliphatic rings. The van der Waals surface area contributed by atoms with Crippen LogP contribution in [0.15, 0.2) is 30.3 Å². The molecule has 2 aromatic rings. The largest absolute Gasteiger partial charge is 0.507 e. The van der Waals surface area contributed by atoms with Gasteiger partial charge in [-0.2, -0.15) is 0 Å². The molecule has 0 radical (unpaired) electrons. The van der Waals surface area contributed by atoms with Gasteiger partial charge in [-0.1, -0.05) is 37.6 Å². The van der Waals surface area contributed by atoms with Gasteiger partial charge >= 0.3 is 0 Å². The Balaban J connectivity index is 2.73. The fraction of sp³-hybridized carbons (Fsp3) is 0.412. The van der Waals surface area contributed by atoms with E-state index in [1.54, 1.807) is 19.9 Å². The predicted molar refractivity (Wildman–Crippen MR) is 79.5 cm³/mol. The number of fused-ring (bicyclic) bond motifs is 1. The maximum absolute atomic E-state index is 10.3. The van der Waals surface area contributed by atoms with Crippen LogP contribution in [0.3, 0.4) is 0 Å². The van der Waals surface area contributed by atoms with E-state index < -0.39 is 5.60 Å². The Bertz CT molecular complexity index is 580. The van der Waals surface area contributed by atoms with Crippen molar-refractivity contribution < 1.29 is 10.2 Å². The van der Waals surface area contributed by atoms with Crippen molar-refractivity contribution in [3.8, 4) is 5.75 Å². The molecule has 2 heteroatoms. The summed E-state index contributed by atoms with van der Waals surface area (Å²) < 4.78 is 0. The number of aliphatic hydroxyl groups is 1. The van der Waals surface area contributed by atoms with Gasteiger partial charge < -0.3 is 10.2 Å². The number of benzene rings is 2. The number of rotatable bonds is 4. The Morgan fingerprint density at radius 2 is 1.74 bits per heavy atom. The molecular formula is C17H22O2. The molecule has 0 unspecified atom stereocenters. The van der Waals surface area contributed by atoms with Gasteiger partial charge in [-0.25, -0.2) is 0 Å². The Morgan fingerprint density at radius 3 is 2.32 bits per heavy atom. The number of aromatic hydroxyl groups is 1. The zero-order chi connectivity index (χ0) is 14.0. The molecule has 102 valence electrons. The number of phenols is 1. The molecule has 0 atom stereocenters. The smallest absolute Gasteiger partial charge is 0.123 e. The van der Waals surface area contributed by atoms with Crippen molar-refractivity contribution in [2.24, 2.45) is 0 Å². The molecule has 19 heavy (non-hydrogen) atoms. The fourth-order valence-corrected chi connectivity index (χ4v) is 2.59. The average molecular weight is 258 g/mol. The highest BCUT2D eigenvalue weighted by molar-refractivity contribution is 5.92. The van der Waals surface area contributed by atoms with Crippen molar-refractivity contribution in [2.75, 3.05) is 0 Å². The van der Waals surface area contributed by atoms with E-state index in [1.165, 1.54) is 0 Å². The van der Waals surface area contributed by atoms with Gasteiger partial charge in [0.05, 0.1) is 5.60 Å². The molecule has 2 nitrogen and oxygen atoms in total. The Hall–Kier alpha value is -1.54. The Labute approximate surface area is 114 Å². The molecule has 0 spiro atoms. The van der Waals surface area contributed by atoms with E-state index in [4.69, 9.17) is 0 Å². The molecule has 0 aliphatic heterocycles. The third-order valence-electron chi connectivity index (χ3n) is 3.57. The standard InChI is InChI=1S/C17H22O2/c1-4-5-8-13-12-9-6-7-10-14(12)16(18)11-15(13)17(2,3)19/h6-7,9-11,18-19H,4-5,8H2,1-3H3. The van der Waals surface area contributed by atoms with Crippen LogP contribution in [-0.4, -0.2) is 10.2 Å². The molecule has 2 aromatic carbocycles. The van der Waals surface area contributed by atoms with Crippen LogP contribution in [-0.2, 0) is 12.0 Å². The van der Waals surface area contributed by atoms with Crippen LogP contribution in [0.4, 0.5) is 0 Å². The van der Waals surface area contributed by atoms with Gasteiger partial charge in [0.25, 0.3) is 0 Å². The Kier molecular flexibility index (Phi) is 3.81. The number of unbranched alkanes of at least 4 members (excludes halogenated alkanes) is 1. The van der Waals surface area contributed by atoms with Gasteiger partial charge in [-0.15, -0.1) is 0 Å². The van der Waals surface area contributed by atoms with Crippen molar-refractivity contribution in [2.45, 2.75) is 45.6 Å². The number of aryl methyl sites for hydroxylation is 1. The maximum atomic E-state index is 10.3. The summed E-state index contributed by atoms with van der Waals surface area (Å²) in [5, 5.41) is 22.4. The topological polar surface area (TPSA) is 40.5 Å². The number of phenolic OH excluding ortho intramolecular Hbond substituents is 1. The van der Waals surface area contributed by atoms with E-state index in [0.717, 1.165) is 41.2 Å². The van der Waals surface area contributed by atoms with Crippen molar-refractivity contribution in [3.05, 3.63) is 41.5 Å². The SMILES string of the molecule is CCCCc1c(C(C)(C)O)cc(O)c2ccccc12. The second-order valence-electron chi connectivity index (χ2n) is 5.63. The molecule has 0 heterocycles. The molecule has 0 fully saturated rings. The summed E-state index contributed by atoms with van der Waals surface area (Å²) in [7, 11) is 0.